The molecule has 1 saturated heterocycles. The van der Waals surface area contributed by atoms with Crippen LogP contribution >= 0.6 is 0 Å². The minimum atomic E-state index is 0.297. The Morgan fingerprint density at radius 2 is 2.57 bits per heavy atom. The first kappa shape index (κ1) is 9.74. The first-order valence-electron chi connectivity index (χ1n) is 5.21. The summed E-state index contributed by atoms with van der Waals surface area (Å²) in [7, 11) is 0. The highest BCUT2D eigenvalue weighted by Crippen LogP contribution is 2.15. The van der Waals surface area contributed by atoms with Gasteiger partial charge in [0.2, 0.25) is 0 Å². The number of ether oxygens (including phenoxy) is 1. The highest BCUT2D eigenvalue weighted by molar-refractivity contribution is 5.02. The van der Waals surface area contributed by atoms with Gasteiger partial charge in [-0.2, -0.15) is 0 Å². The highest BCUT2D eigenvalue weighted by Gasteiger charge is 2.16. The van der Waals surface area contributed by atoms with Gasteiger partial charge in [0, 0.05) is 13.2 Å². The molecule has 0 spiro atoms. The zero-order valence-corrected chi connectivity index (χ0v) is 8.53. The molecule has 1 aliphatic heterocycles. The smallest absolute Gasteiger partial charge is 0.120 e. The summed E-state index contributed by atoms with van der Waals surface area (Å²) >= 11 is 0. The predicted molar refractivity (Wildman–Crippen MR) is 54.1 cm³/mol. The van der Waals surface area contributed by atoms with Crippen LogP contribution in [0.2, 0.25) is 0 Å². The van der Waals surface area contributed by atoms with Crippen LogP contribution < -0.4 is 5.32 Å². The summed E-state index contributed by atoms with van der Waals surface area (Å²) < 4.78 is 10.6. The quantitative estimate of drug-likeness (QED) is 0.797. The van der Waals surface area contributed by atoms with E-state index in [0.29, 0.717) is 12.0 Å². The number of hydrogen-bond donors (Lipinski definition) is 1. The summed E-state index contributed by atoms with van der Waals surface area (Å²) in [6, 6.07) is 4.22. The molecule has 2 unspecified atom stereocenters. The maximum atomic E-state index is 5.32. The molecule has 2 heterocycles. The second-order valence-electron chi connectivity index (χ2n) is 3.87. The summed E-state index contributed by atoms with van der Waals surface area (Å²) in [5.74, 6) is 1.68. The Morgan fingerprint density at radius 1 is 1.64 bits per heavy atom. The second-order valence-corrected chi connectivity index (χ2v) is 3.87. The summed E-state index contributed by atoms with van der Waals surface area (Å²) in [6.07, 6.45) is 2.89. The summed E-state index contributed by atoms with van der Waals surface area (Å²) in [6.45, 7) is 4.95. The van der Waals surface area contributed by atoms with E-state index in [1.54, 1.807) is 6.26 Å². The van der Waals surface area contributed by atoms with E-state index in [-0.39, 0.29) is 0 Å². The molecule has 1 aromatic heterocycles. The summed E-state index contributed by atoms with van der Waals surface area (Å²) in [5.41, 5.74) is 0. The van der Waals surface area contributed by atoms with Gasteiger partial charge in [0.15, 0.2) is 0 Å². The molecule has 0 saturated carbocycles. The van der Waals surface area contributed by atoms with Crippen molar-refractivity contribution in [3.63, 3.8) is 0 Å². The van der Waals surface area contributed by atoms with Crippen molar-refractivity contribution in [2.24, 2.45) is 5.92 Å². The Hall–Kier alpha value is -0.800. The van der Waals surface area contributed by atoms with Gasteiger partial charge in [-0.05, 0) is 31.4 Å². The van der Waals surface area contributed by atoms with Crippen LogP contribution in [0.3, 0.4) is 0 Å². The van der Waals surface area contributed by atoms with Gasteiger partial charge < -0.3 is 14.5 Å². The molecule has 1 aliphatic rings. The lowest BCUT2D eigenvalue weighted by molar-refractivity contribution is 0.184. The third-order valence-electron chi connectivity index (χ3n) is 2.71. The topological polar surface area (TPSA) is 34.4 Å². The summed E-state index contributed by atoms with van der Waals surface area (Å²) in [4.78, 5) is 0. The molecular formula is C11H17NO2. The minimum Gasteiger partial charge on any atom is -0.468 e. The lowest BCUT2D eigenvalue weighted by Crippen LogP contribution is -2.25. The first-order chi connectivity index (χ1) is 6.86. The van der Waals surface area contributed by atoms with E-state index in [2.05, 4.69) is 12.2 Å². The van der Waals surface area contributed by atoms with E-state index in [9.17, 15) is 0 Å². The van der Waals surface area contributed by atoms with Crippen molar-refractivity contribution in [3.8, 4) is 0 Å². The molecule has 78 valence electrons. The minimum absolute atomic E-state index is 0.297. The van der Waals surface area contributed by atoms with Crippen molar-refractivity contribution < 1.29 is 9.15 Å². The van der Waals surface area contributed by atoms with Crippen molar-refractivity contribution in [1.29, 1.82) is 0 Å². The van der Waals surface area contributed by atoms with Crippen LogP contribution in [0.15, 0.2) is 22.8 Å². The fourth-order valence-corrected chi connectivity index (χ4v) is 1.73. The van der Waals surface area contributed by atoms with Crippen molar-refractivity contribution >= 4 is 0 Å². The van der Waals surface area contributed by atoms with Crippen LogP contribution in [0.1, 0.15) is 25.1 Å². The molecule has 14 heavy (non-hydrogen) atoms. The molecule has 3 nitrogen and oxygen atoms in total. The van der Waals surface area contributed by atoms with Gasteiger partial charge in [-0.15, -0.1) is 0 Å². The van der Waals surface area contributed by atoms with Gasteiger partial charge in [0.1, 0.15) is 5.76 Å². The Morgan fingerprint density at radius 3 is 3.21 bits per heavy atom. The third-order valence-corrected chi connectivity index (χ3v) is 2.71. The monoisotopic (exact) mass is 195 g/mol. The van der Waals surface area contributed by atoms with Gasteiger partial charge >= 0.3 is 0 Å². The Balaban J connectivity index is 1.74. The molecule has 3 heteroatoms. The maximum absolute atomic E-state index is 5.32. The van der Waals surface area contributed by atoms with Crippen molar-refractivity contribution in [2.45, 2.75) is 19.4 Å². The molecule has 0 aliphatic carbocycles. The third kappa shape index (κ3) is 2.36. The largest absolute Gasteiger partial charge is 0.468 e. The molecule has 1 fully saturated rings. The molecule has 2 rings (SSSR count). The molecule has 0 radical (unpaired) electrons. The normalized spacial score (nSPS) is 23.9. The van der Waals surface area contributed by atoms with Crippen LogP contribution in [0.5, 0.6) is 0 Å². The van der Waals surface area contributed by atoms with E-state index in [0.717, 1.165) is 25.5 Å². The lowest BCUT2D eigenvalue weighted by atomic mass is 10.1. The maximum Gasteiger partial charge on any atom is 0.120 e. The van der Waals surface area contributed by atoms with Crippen LogP contribution in [0, 0.1) is 5.92 Å². The zero-order valence-electron chi connectivity index (χ0n) is 8.53. The van der Waals surface area contributed by atoms with Crippen LogP contribution in [0.4, 0.5) is 0 Å². The number of hydrogen-bond acceptors (Lipinski definition) is 3. The average molecular weight is 195 g/mol. The Labute approximate surface area is 84.4 Å². The van der Waals surface area contributed by atoms with Gasteiger partial charge in [-0.1, -0.05) is 0 Å². The first-order valence-corrected chi connectivity index (χ1v) is 5.21. The fourth-order valence-electron chi connectivity index (χ4n) is 1.73. The van der Waals surface area contributed by atoms with Crippen LogP contribution in [-0.4, -0.2) is 19.8 Å². The average Bonchev–Trinajstić information content (AvgIpc) is 2.87. The number of nitrogens with one attached hydrogen (secondary N) is 1. The predicted octanol–water partition coefficient (Wildman–Crippen LogP) is 1.97. The molecule has 1 N–H and O–H groups in total. The Bertz CT molecular complexity index is 252. The molecule has 0 bridgehead atoms. The molecule has 0 aromatic carbocycles. The van der Waals surface area contributed by atoms with Crippen molar-refractivity contribution in [3.05, 3.63) is 24.2 Å². The van der Waals surface area contributed by atoms with E-state index < -0.39 is 0 Å². The number of rotatable bonds is 4. The SMILES string of the molecule is CC(NCC1CCOC1)c1ccco1. The lowest BCUT2D eigenvalue weighted by Gasteiger charge is -2.14. The molecule has 2 atom stereocenters. The zero-order chi connectivity index (χ0) is 9.80. The van der Waals surface area contributed by atoms with Gasteiger partial charge in [0.25, 0.3) is 0 Å². The van der Waals surface area contributed by atoms with E-state index in [1.807, 2.05) is 12.1 Å². The van der Waals surface area contributed by atoms with Crippen LogP contribution in [0.25, 0.3) is 0 Å². The molecular weight excluding hydrogens is 178 g/mol. The van der Waals surface area contributed by atoms with Crippen LogP contribution in [-0.2, 0) is 4.74 Å². The van der Waals surface area contributed by atoms with Gasteiger partial charge in [-0.3, -0.25) is 0 Å². The van der Waals surface area contributed by atoms with E-state index in [1.165, 1.54) is 6.42 Å². The second kappa shape index (κ2) is 4.62. The molecule has 0 amide bonds. The van der Waals surface area contributed by atoms with Gasteiger partial charge in [0.05, 0.1) is 18.9 Å². The fraction of sp³-hybridized carbons (Fsp3) is 0.636. The Kier molecular flexibility index (Phi) is 3.22. The molecule has 1 aromatic rings. The van der Waals surface area contributed by atoms with Crippen molar-refractivity contribution in [2.75, 3.05) is 19.8 Å². The van der Waals surface area contributed by atoms with E-state index in [4.69, 9.17) is 9.15 Å². The highest BCUT2D eigenvalue weighted by atomic mass is 16.5. The summed E-state index contributed by atoms with van der Waals surface area (Å²) in [5, 5.41) is 3.45. The standard InChI is InChI=1S/C11H17NO2/c1-9(11-3-2-5-14-11)12-7-10-4-6-13-8-10/h2-3,5,9-10,12H,4,6-8H2,1H3. The van der Waals surface area contributed by atoms with E-state index >= 15 is 0 Å². The van der Waals surface area contributed by atoms with Gasteiger partial charge in [-0.25, -0.2) is 0 Å². The van der Waals surface area contributed by atoms with Crippen molar-refractivity contribution in [1.82, 2.24) is 5.32 Å². The number of furan rings is 1.